The van der Waals surface area contributed by atoms with E-state index in [1.165, 1.54) is 0 Å². The molecule has 0 radical (unpaired) electrons. The van der Waals surface area contributed by atoms with Crippen molar-refractivity contribution in [2.45, 2.75) is 6.54 Å². The molecule has 7 nitrogen and oxygen atoms in total. The van der Waals surface area contributed by atoms with Gasteiger partial charge in [0, 0.05) is 30.9 Å². The topological polar surface area (TPSA) is 98.7 Å². The number of nitrogens with zero attached hydrogens (tertiary/aromatic N) is 4. The van der Waals surface area contributed by atoms with Gasteiger partial charge in [0.25, 0.3) is 5.91 Å². The summed E-state index contributed by atoms with van der Waals surface area (Å²) in [5, 5.41) is 15.4. The zero-order chi connectivity index (χ0) is 16.2. The first-order valence-electron chi connectivity index (χ1n) is 7.09. The number of amides is 1. The van der Waals surface area contributed by atoms with Crippen LogP contribution in [0.5, 0.6) is 0 Å². The molecule has 0 aliphatic rings. The van der Waals surface area contributed by atoms with Crippen molar-refractivity contribution in [2.24, 2.45) is 12.8 Å². The molecule has 1 amide bonds. The molecule has 1 aromatic carbocycles. The Balaban J connectivity index is 1.77. The first kappa shape index (κ1) is 14.7. The smallest absolute Gasteiger partial charge is 0.269 e. The third kappa shape index (κ3) is 3.34. The van der Waals surface area contributed by atoms with Crippen molar-refractivity contribution in [1.82, 2.24) is 20.0 Å². The fourth-order valence-electron chi connectivity index (χ4n) is 2.25. The number of hydrogen-bond acceptors (Lipinski definition) is 5. The van der Waals surface area contributed by atoms with Crippen LogP contribution in [-0.2, 0) is 13.6 Å². The second-order valence-corrected chi connectivity index (χ2v) is 5.06. The Morgan fingerprint density at radius 3 is 2.61 bits per heavy atom. The molecule has 2 heterocycles. The molecule has 0 unspecified atom stereocenters. The molecule has 0 atom stereocenters. The third-order valence-corrected chi connectivity index (χ3v) is 3.33. The Bertz CT molecular complexity index is 810. The number of carbonyl (C=O) groups is 1. The molecular formula is C16H16N6O. The van der Waals surface area contributed by atoms with Crippen LogP contribution in [0.2, 0.25) is 0 Å². The Morgan fingerprint density at radius 1 is 1.17 bits per heavy atom. The predicted octanol–water partition coefficient (Wildman–Crippen LogP) is 1.59. The van der Waals surface area contributed by atoms with E-state index in [0.717, 1.165) is 16.8 Å². The van der Waals surface area contributed by atoms with Gasteiger partial charge in [0.1, 0.15) is 5.82 Å². The van der Waals surface area contributed by atoms with Gasteiger partial charge < -0.3 is 11.1 Å². The number of carbonyl (C=O) groups excluding carboxylic acids is 1. The minimum atomic E-state index is -0.595. The Labute approximate surface area is 133 Å². The van der Waals surface area contributed by atoms with E-state index in [0.29, 0.717) is 12.4 Å². The van der Waals surface area contributed by atoms with Gasteiger partial charge >= 0.3 is 0 Å². The van der Waals surface area contributed by atoms with Crippen LogP contribution in [0.1, 0.15) is 16.1 Å². The maximum absolute atomic E-state index is 11.0. The highest BCUT2D eigenvalue weighted by Crippen LogP contribution is 2.22. The highest BCUT2D eigenvalue weighted by atomic mass is 16.1. The molecule has 0 bridgehead atoms. The lowest BCUT2D eigenvalue weighted by molar-refractivity contribution is 0.0994. The maximum atomic E-state index is 11.0. The highest BCUT2D eigenvalue weighted by Gasteiger charge is 2.10. The molecule has 0 aliphatic heterocycles. The number of anilines is 1. The highest BCUT2D eigenvalue weighted by molar-refractivity contribution is 5.90. The van der Waals surface area contributed by atoms with Crippen molar-refractivity contribution >= 4 is 11.7 Å². The molecule has 3 aromatic rings. The van der Waals surface area contributed by atoms with Gasteiger partial charge in [-0.25, -0.2) is 0 Å². The summed E-state index contributed by atoms with van der Waals surface area (Å²) < 4.78 is 1.78. The normalized spacial score (nSPS) is 10.5. The lowest BCUT2D eigenvalue weighted by Crippen LogP contribution is -2.14. The molecule has 3 N–H and O–H groups in total. The monoisotopic (exact) mass is 308 g/mol. The molecule has 0 saturated carbocycles. The molecule has 116 valence electrons. The van der Waals surface area contributed by atoms with E-state index >= 15 is 0 Å². The van der Waals surface area contributed by atoms with Gasteiger partial charge in [-0.3, -0.25) is 9.48 Å². The van der Waals surface area contributed by atoms with Crippen LogP contribution in [0.15, 0.2) is 48.7 Å². The van der Waals surface area contributed by atoms with Gasteiger partial charge in [-0.1, -0.05) is 30.3 Å². The van der Waals surface area contributed by atoms with Crippen LogP contribution in [0.3, 0.4) is 0 Å². The first-order valence-corrected chi connectivity index (χ1v) is 7.09. The maximum Gasteiger partial charge on any atom is 0.269 e. The van der Waals surface area contributed by atoms with E-state index in [1.54, 1.807) is 16.8 Å². The summed E-state index contributed by atoms with van der Waals surface area (Å²) in [6.45, 7) is 0.544. The summed E-state index contributed by atoms with van der Waals surface area (Å²) in [5.41, 5.74) is 8.30. The SMILES string of the molecule is Cn1cc(CNc2ccc(C(N)=O)nn2)c(-c2ccccc2)n1. The quantitative estimate of drug-likeness (QED) is 0.745. The minimum Gasteiger partial charge on any atom is -0.364 e. The molecule has 3 rings (SSSR count). The molecular weight excluding hydrogens is 292 g/mol. The average Bonchev–Trinajstić information content (AvgIpc) is 2.95. The fraction of sp³-hybridized carbons (Fsp3) is 0.125. The molecule has 2 aromatic heterocycles. The summed E-state index contributed by atoms with van der Waals surface area (Å²) in [7, 11) is 1.89. The zero-order valence-electron chi connectivity index (χ0n) is 12.6. The van der Waals surface area contributed by atoms with E-state index < -0.39 is 5.91 Å². The predicted molar refractivity (Wildman–Crippen MR) is 86.5 cm³/mol. The van der Waals surface area contributed by atoms with E-state index in [1.807, 2.05) is 43.6 Å². The van der Waals surface area contributed by atoms with Gasteiger partial charge in [0.15, 0.2) is 5.69 Å². The number of primary amides is 1. The van der Waals surface area contributed by atoms with Gasteiger partial charge in [0.05, 0.1) is 5.69 Å². The van der Waals surface area contributed by atoms with E-state index in [2.05, 4.69) is 20.6 Å². The van der Waals surface area contributed by atoms with Crippen LogP contribution in [0.4, 0.5) is 5.82 Å². The van der Waals surface area contributed by atoms with Crippen molar-refractivity contribution in [1.29, 1.82) is 0 Å². The molecule has 23 heavy (non-hydrogen) atoms. The Kier molecular flexibility index (Phi) is 4.01. The zero-order valence-corrected chi connectivity index (χ0v) is 12.6. The summed E-state index contributed by atoms with van der Waals surface area (Å²) >= 11 is 0. The van der Waals surface area contributed by atoms with Crippen LogP contribution < -0.4 is 11.1 Å². The lowest BCUT2D eigenvalue weighted by Gasteiger charge is -2.05. The summed E-state index contributed by atoms with van der Waals surface area (Å²) in [6.07, 6.45) is 1.96. The number of rotatable bonds is 5. The number of benzene rings is 1. The van der Waals surface area contributed by atoms with Crippen molar-refractivity contribution in [3.8, 4) is 11.3 Å². The van der Waals surface area contributed by atoms with E-state index in [9.17, 15) is 4.79 Å². The second kappa shape index (κ2) is 6.27. The largest absolute Gasteiger partial charge is 0.364 e. The van der Waals surface area contributed by atoms with Gasteiger partial charge in [-0.05, 0) is 12.1 Å². The molecule has 0 aliphatic carbocycles. The van der Waals surface area contributed by atoms with Gasteiger partial charge in [-0.2, -0.15) is 5.10 Å². The molecule has 0 saturated heterocycles. The van der Waals surface area contributed by atoms with Crippen LogP contribution in [0, 0.1) is 0 Å². The Hall–Kier alpha value is -3.22. The summed E-state index contributed by atoms with van der Waals surface area (Å²) in [6, 6.07) is 13.2. The number of aryl methyl sites for hydroxylation is 1. The van der Waals surface area contributed by atoms with Crippen LogP contribution in [0.25, 0.3) is 11.3 Å². The van der Waals surface area contributed by atoms with Gasteiger partial charge in [0.2, 0.25) is 0 Å². The fourth-order valence-corrected chi connectivity index (χ4v) is 2.25. The number of nitrogens with one attached hydrogen (secondary N) is 1. The second-order valence-electron chi connectivity index (χ2n) is 5.06. The van der Waals surface area contributed by atoms with Crippen molar-refractivity contribution in [3.63, 3.8) is 0 Å². The molecule has 0 fully saturated rings. The van der Waals surface area contributed by atoms with Crippen molar-refractivity contribution in [3.05, 3.63) is 59.9 Å². The summed E-state index contributed by atoms with van der Waals surface area (Å²) in [4.78, 5) is 11.0. The number of nitrogens with two attached hydrogens (primary N) is 1. The first-order chi connectivity index (χ1) is 11.1. The van der Waals surface area contributed by atoms with Crippen molar-refractivity contribution in [2.75, 3.05) is 5.32 Å². The average molecular weight is 308 g/mol. The van der Waals surface area contributed by atoms with E-state index in [4.69, 9.17) is 5.73 Å². The summed E-state index contributed by atoms with van der Waals surface area (Å²) in [5.74, 6) is -0.0273. The minimum absolute atomic E-state index is 0.141. The molecule has 0 spiro atoms. The van der Waals surface area contributed by atoms with Crippen molar-refractivity contribution < 1.29 is 4.79 Å². The van der Waals surface area contributed by atoms with Crippen LogP contribution in [-0.4, -0.2) is 25.9 Å². The number of hydrogen-bond donors (Lipinski definition) is 2. The lowest BCUT2D eigenvalue weighted by atomic mass is 10.1. The van der Waals surface area contributed by atoms with E-state index in [-0.39, 0.29) is 5.69 Å². The standard InChI is InChI=1S/C16H16N6O/c1-22-10-12(15(21-22)11-5-3-2-4-6-11)9-18-14-8-7-13(16(17)23)19-20-14/h2-8,10H,9H2,1H3,(H2,17,23)(H,18,20). The Morgan fingerprint density at radius 2 is 1.96 bits per heavy atom. The number of aromatic nitrogens is 4. The molecule has 7 heteroatoms. The van der Waals surface area contributed by atoms with Gasteiger partial charge in [-0.15, -0.1) is 10.2 Å². The van der Waals surface area contributed by atoms with Crippen LogP contribution >= 0.6 is 0 Å². The third-order valence-electron chi connectivity index (χ3n) is 3.33.